The minimum absolute atomic E-state index is 0.627. The first kappa shape index (κ1) is 9.71. The molecule has 1 aromatic rings. The van der Waals surface area contributed by atoms with Gasteiger partial charge in [0.05, 0.1) is 22.0 Å². The molecular weight excluding hydrogens is 196 g/mol. The molecule has 0 saturated carbocycles. The van der Waals surface area contributed by atoms with Gasteiger partial charge in [-0.2, -0.15) is 0 Å². The standard InChI is InChI=1S/C6H4N2O6/c9-3-1-4(7(11)12)6(10)5(2-3)8(13)14/h1-2,9-10H. The summed E-state index contributed by atoms with van der Waals surface area (Å²) in [5.74, 6) is -1.72. The Hall–Kier alpha value is -2.38. The molecule has 0 aliphatic rings. The second kappa shape index (κ2) is 3.17. The smallest absolute Gasteiger partial charge is 0.321 e. The van der Waals surface area contributed by atoms with Gasteiger partial charge in [0.1, 0.15) is 5.75 Å². The first-order chi connectivity index (χ1) is 6.43. The normalized spacial score (nSPS) is 9.71. The van der Waals surface area contributed by atoms with Crippen molar-refractivity contribution in [2.75, 3.05) is 0 Å². The van der Waals surface area contributed by atoms with Gasteiger partial charge in [0.2, 0.25) is 0 Å². The van der Waals surface area contributed by atoms with Crippen LogP contribution in [-0.4, -0.2) is 20.1 Å². The summed E-state index contributed by atoms with van der Waals surface area (Å²) in [4.78, 5) is 18.5. The highest BCUT2D eigenvalue weighted by Crippen LogP contribution is 2.38. The molecular formula is C6H4N2O6. The molecule has 0 aromatic heterocycles. The molecule has 0 spiro atoms. The molecule has 0 aliphatic heterocycles. The zero-order valence-electron chi connectivity index (χ0n) is 6.58. The summed E-state index contributed by atoms with van der Waals surface area (Å²) >= 11 is 0. The van der Waals surface area contributed by atoms with Gasteiger partial charge in [-0.3, -0.25) is 20.2 Å². The van der Waals surface area contributed by atoms with E-state index in [-0.39, 0.29) is 0 Å². The maximum absolute atomic E-state index is 10.3. The Kier molecular flexibility index (Phi) is 2.19. The van der Waals surface area contributed by atoms with Crippen molar-refractivity contribution >= 4 is 11.4 Å². The van der Waals surface area contributed by atoms with Crippen LogP contribution in [-0.2, 0) is 0 Å². The van der Waals surface area contributed by atoms with Crippen LogP contribution in [0.5, 0.6) is 11.5 Å². The van der Waals surface area contributed by atoms with Crippen molar-refractivity contribution in [1.29, 1.82) is 0 Å². The molecule has 0 heterocycles. The van der Waals surface area contributed by atoms with Gasteiger partial charge in [-0.15, -0.1) is 0 Å². The van der Waals surface area contributed by atoms with Crippen LogP contribution in [0.4, 0.5) is 11.4 Å². The van der Waals surface area contributed by atoms with Crippen molar-refractivity contribution in [1.82, 2.24) is 0 Å². The van der Waals surface area contributed by atoms with Crippen LogP contribution in [0.3, 0.4) is 0 Å². The molecule has 0 saturated heterocycles. The van der Waals surface area contributed by atoms with E-state index in [0.717, 1.165) is 0 Å². The SMILES string of the molecule is O=[N+]([O-])c1cc(O)cc([N+](=O)[O-])c1O. The Morgan fingerprint density at radius 1 is 1.00 bits per heavy atom. The Bertz CT molecular complexity index is 380. The maximum atomic E-state index is 10.3. The Morgan fingerprint density at radius 2 is 1.36 bits per heavy atom. The van der Waals surface area contributed by atoms with Gasteiger partial charge in [-0.25, -0.2) is 0 Å². The number of phenols is 2. The number of nitro groups is 2. The molecule has 0 amide bonds. The minimum Gasteiger partial charge on any atom is -0.507 e. The van der Waals surface area contributed by atoms with Crippen LogP contribution in [0.1, 0.15) is 0 Å². The number of nitrogens with zero attached hydrogens (tertiary/aromatic N) is 2. The summed E-state index contributed by atoms with van der Waals surface area (Å²) in [7, 11) is 0. The number of aromatic hydroxyl groups is 2. The number of hydrogen-bond donors (Lipinski definition) is 2. The van der Waals surface area contributed by atoms with Crippen LogP contribution < -0.4 is 0 Å². The van der Waals surface area contributed by atoms with Crippen LogP contribution in [0.15, 0.2) is 12.1 Å². The number of rotatable bonds is 2. The maximum Gasteiger partial charge on any atom is 0.321 e. The molecule has 2 N–H and O–H groups in total. The highest BCUT2D eigenvalue weighted by Gasteiger charge is 2.26. The monoisotopic (exact) mass is 200 g/mol. The van der Waals surface area contributed by atoms with Gasteiger partial charge in [0.15, 0.2) is 0 Å². The summed E-state index contributed by atoms with van der Waals surface area (Å²) in [6.45, 7) is 0. The average Bonchev–Trinajstić information content (AvgIpc) is 2.07. The zero-order valence-corrected chi connectivity index (χ0v) is 6.58. The van der Waals surface area contributed by atoms with Crippen LogP contribution in [0, 0.1) is 20.2 Å². The Balaban J connectivity index is 3.47. The second-order valence-electron chi connectivity index (χ2n) is 2.35. The van der Waals surface area contributed by atoms with E-state index < -0.39 is 32.7 Å². The van der Waals surface area contributed by atoms with E-state index in [1.54, 1.807) is 0 Å². The van der Waals surface area contributed by atoms with Gasteiger partial charge >= 0.3 is 11.4 Å². The zero-order chi connectivity index (χ0) is 10.9. The summed E-state index contributed by atoms with van der Waals surface area (Å²) in [5.41, 5.74) is -1.81. The Labute approximate surface area is 76.3 Å². The Morgan fingerprint density at radius 3 is 1.64 bits per heavy atom. The van der Waals surface area contributed by atoms with Gasteiger partial charge in [-0.1, -0.05) is 0 Å². The topological polar surface area (TPSA) is 127 Å². The predicted molar refractivity (Wildman–Crippen MR) is 43.1 cm³/mol. The van der Waals surface area contributed by atoms with Gasteiger partial charge < -0.3 is 10.2 Å². The van der Waals surface area contributed by atoms with E-state index in [9.17, 15) is 20.2 Å². The minimum atomic E-state index is -1.07. The molecule has 0 fully saturated rings. The van der Waals surface area contributed by atoms with E-state index in [2.05, 4.69) is 0 Å². The number of phenolic OH excluding ortho intramolecular Hbond substituents is 2. The van der Waals surface area contributed by atoms with E-state index in [1.165, 1.54) is 0 Å². The second-order valence-corrected chi connectivity index (χ2v) is 2.35. The molecule has 8 heteroatoms. The number of hydrogen-bond acceptors (Lipinski definition) is 6. The fourth-order valence-electron chi connectivity index (χ4n) is 0.868. The van der Waals surface area contributed by atoms with Crippen molar-refractivity contribution in [3.8, 4) is 11.5 Å². The highest BCUT2D eigenvalue weighted by molar-refractivity contribution is 5.62. The van der Waals surface area contributed by atoms with Crippen molar-refractivity contribution in [3.05, 3.63) is 32.4 Å². The molecule has 14 heavy (non-hydrogen) atoms. The third kappa shape index (κ3) is 1.53. The van der Waals surface area contributed by atoms with Crippen LogP contribution in [0.2, 0.25) is 0 Å². The van der Waals surface area contributed by atoms with Crippen molar-refractivity contribution in [2.45, 2.75) is 0 Å². The van der Waals surface area contributed by atoms with Crippen molar-refractivity contribution in [3.63, 3.8) is 0 Å². The lowest BCUT2D eigenvalue weighted by Gasteiger charge is -1.98. The molecule has 0 radical (unpaired) electrons. The first-order valence-electron chi connectivity index (χ1n) is 3.28. The molecule has 1 rings (SSSR count). The first-order valence-corrected chi connectivity index (χ1v) is 3.28. The molecule has 0 atom stereocenters. The summed E-state index contributed by atoms with van der Waals surface area (Å²) in [5, 5.41) is 38.5. The summed E-state index contributed by atoms with van der Waals surface area (Å²) in [6, 6.07) is 1.25. The van der Waals surface area contributed by atoms with Gasteiger partial charge in [0, 0.05) is 0 Å². The highest BCUT2D eigenvalue weighted by atomic mass is 16.6. The lowest BCUT2D eigenvalue weighted by atomic mass is 10.2. The lowest BCUT2D eigenvalue weighted by molar-refractivity contribution is -0.396. The molecule has 0 bridgehead atoms. The quantitative estimate of drug-likeness (QED) is 0.415. The molecule has 74 valence electrons. The van der Waals surface area contributed by atoms with Crippen LogP contribution in [0.25, 0.3) is 0 Å². The third-order valence-corrected chi connectivity index (χ3v) is 1.45. The molecule has 0 unspecified atom stereocenters. The molecule has 8 nitrogen and oxygen atoms in total. The van der Waals surface area contributed by atoms with Crippen molar-refractivity contribution < 1.29 is 20.1 Å². The van der Waals surface area contributed by atoms with E-state index in [1.807, 2.05) is 0 Å². The fourth-order valence-corrected chi connectivity index (χ4v) is 0.868. The largest absolute Gasteiger partial charge is 0.507 e. The number of benzene rings is 1. The van der Waals surface area contributed by atoms with Gasteiger partial charge in [-0.05, 0) is 0 Å². The van der Waals surface area contributed by atoms with Crippen LogP contribution >= 0.6 is 0 Å². The van der Waals surface area contributed by atoms with E-state index in [0.29, 0.717) is 12.1 Å². The van der Waals surface area contributed by atoms with Crippen molar-refractivity contribution in [2.24, 2.45) is 0 Å². The summed E-state index contributed by atoms with van der Waals surface area (Å²) in [6.07, 6.45) is 0. The molecule has 1 aromatic carbocycles. The predicted octanol–water partition coefficient (Wildman–Crippen LogP) is 0.914. The number of nitro benzene ring substituents is 2. The lowest BCUT2D eigenvalue weighted by Crippen LogP contribution is -1.93. The van der Waals surface area contributed by atoms with E-state index in [4.69, 9.17) is 10.2 Å². The van der Waals surface area contributed by atoms with Gasteiger partial charge in [0.25, 0.3) is 5.75 Å². The fraction of sp³-hybridized carbons (Fsp3) is 0. The van der Waals surface area contributed by atoms with E-state index >= 15 is 0 Å². The average molecular weight is 200 g/mol. The molecule has 0 aliphatic carbocycles. The third-order valence-electron chi connectivity index (χ3n) is 1.45. The summed E-state index contributed by atoms with van der Waals surface area (Å²) < 4.78 is 0.